The molecule has 8 heteroatoms. The second-order valence-corrected chi connectivity index (χ2v) is 6.32. The summed E-state index contributed by atoms with van der Waals surface area (Å²) in [5.74, 6) is -0.938. The quantitative estimate of drug-likeness (QED) is 0.564. The largest absolute Gasteiger partial charge is 0.492 e. The van der Waals surface area contributed by atoms with Gasteiger partial charge in [-0.25, -0.2) is 0 Å². The van der Waals surface area contributed by atoms with Gasteiger partial charge in [0.1, 0.15) is 12.4 Å². The average molecular weight is 397 g/mol. The number of carboxylic acids is 1. The van der Waals surface area contributed by atoms with Crippen LogP contribution in [0.4, 0.5) is 13.2 Å². The number of hydrogen-bond acceptors (Lipinski definition) is 4. The van der Waals surface area contributed by atoms with Crippen molar-refractivity contribution in [2.75, 3.05) is 19.7 Å². The number of halogens is 3. The molecular weight excluding hydrogens is 375 g/mol. The number of carbonyl (C=O) groups is 1. The number of ether oxygens (including phenoxy) is 1. The Balaban J connectivity index is 1.75. The maximum atomic E-state index is 12.7. The lowest BCUT2D eigenvalue weighted by atomic mass is 10.0. The van der Waals surface area contributed by atoms with Gasteiger partial charge in [0.15, 0.2) is 0 Å². The van der Waals surface area contributed by atoms with E-state index >= 15 is 0 Å². The Hall–Kier alpha value is -2.58. The molecule has 28 heavy (non-hydrogen) atoms. The van der Waals surface area contributed by atoms with Crippen LogP contribution >= 0.6 is 0 Å². The minimum absolute atomic E-state index is 0.0831. The number of hydrogen-bond donors (Lipinski definition) is 3. The number of aliphatic carboxylic acids is 1. The average Bonchev–Trinajstić information content (AvgIpc) is 2.67. The van der Waals surface area contributed by atoms with Crippen molar-refractivity contribution in [3.8, 4) is 5.75 Å². The van der Waals surface area contributed by atoms with Gasteiger partial charge in [0.25, 0.3) is 0 Å². The van der Waals surface area contributed by atoms with Crippen LogP contribution < -0.4 is 10.1 Å². The van der Waals surface area contributed by atoms with Crippen molar-refractivity contribution in [2.24, 2.45) is 0 Å². The van der Waals surface area contributed by atoms with Gasteiger partial charge in [0.05, 0.1) is 17.6 Å². The van der Waals surface area contributed by atoms with Crippen LogP contribution in [0.2, 0.25) is 0 Å². The standard InChI is InChI=1S/C20H22F3NO4/c1-13(19(26)27)14-5-7-17(8-6-14)28-10-9-24-12-18(25)15-3-2-4-16(11-15)20(21,22)23/h2-8,11,13,18,24-25H,9-10,12H2,1H3,(H,26,27). The van der Waals surface area contributed by atoms with Gasteiger partial charge in [-0.1, -0.05) is 24.3 Å². The Morgan fingerprint density at radius 1 is 1.14 bits per heavy atom. The number of nitrogens with one attached hydrogen (secondary N) is 1. The Morgan fingerprint density at radius 2 is 1.82 bits per heavy atom. The number of alkyl halides is 3. The summed E-state index contributed by atoms with van der Waals surface area (Å²) in [5.41, 5.74) is 0.0570. The second-order valence-electron chi connectivity index (χ2n) is 6.32. The molecule has 0 aliphatic rings. The van der Waals surface area contributed by atoms with E-state index in [1.807, 2.05) is 0 Å². The van der Waals surface area contributed by atoms with E-state index in [0.29, 0.717) is 17.9 Å². The highest BCUT2D eigenvalue weighted by Gasteiger charge is 2.30. The molecule has 0 aromatic heterocycles. The molecule has 2 aromatic carbocycles. The Kier molecular flexibility index (Phi) is 7.42. The molecule has 0 saturated carbocycles. The zero-order valence-electron chi connectivity index (χ0n) is 15.2. The van der Waals surface area contributed by atoms with Gasteiger partial charge in [-0.2, -0.15) is 13.2 Å². The van der Waals surface area contributed by atoms with Gasteiger partial charge in [0, 0.05) is 13.1 Å². The third-order valence-electron chi connectivity index (χ3n) is 4.23. The van der Waals surface area contributed by atoms with Crippen LogP contribution in [0.5, 0.6) is 5.75 Å². The van der Waals surface area contributed by atoms with Gasteiger partial charge in [-0.05, 0) is 42.3 Å². The van der Waals surface area contributed by atoms with Crippen LogP contribution in [0.3, 0.4) is 0 Å². The summed E-state index contributed by atoms with van der Waals surface area (Å²) in [6, 6.07) is 11.3. The molecule has 5 nitrogen and oxygen atoms in total. The first-order valence-corrected chi connectivity index (χ1v) is 8.70. The highest BCUT2D eigenvalue weighted by molar-refractivity contribution is 5.75. The van der Waals surface area contributed by atoms with Crippen LogP contribution in [-0.4, -0.2) is 35.9 Å². The third-order valence-corrected chi connectivity index (χ3v) is 4.23. The fourth-order valence-corrected chi connectivity index (χ4v) is 2.52. The van der Waals surface area contributed by atoms with Gasteiger partial charge < -0.3 is 20.3 Å². The summed E-state index contributed by atoms with van der Waals surface area (Å²) in [6.45, 7) is 2.34. The van der Waals surface area contributed by atoms with Gasteiger partial charge in [-0.3, -0.25) is 4.79 Å². The lowest BCUT2D eigenvalue weighted by Gasteiger charge is -2.15. The zero-order chi connectivity index (χ0) is 20.7. The highest BCUT2D eigenvalue weighted by Crippen LogP contribution is 2.30. The van der Waals surface area contributed by atoms with E-state index in [0.717, 1.165) is 12.1 Å². The van der Waals surface area contributed by atoms with E-state index in [4.69, 9.17) is 9.84 Å². The molecule has 2 rings (SSSR count). The molecule has 2 atom stereocenters. The molecule has 0 spiro atoms. The van der Waals surface area contributed by atoms with Crippen molar-refractivity contribution in [3.05, 3.63) is 65.2 Å². The predicted molar refractivity (Wildman–Crippen MR) is 97.3 cm³/mol. The first-order valence-electron chi connectivity index (χ1n) is 8.70. The number of aliphatic hydroxyl groups excluding tert-OH is 1. The molecule has 2 unspecified atom stereocenters. The Labute approximate surface area is 160 Å². The van der Waals surface area contributed by atoms with Crippen LogP contribution in [0.1, 0.15) is 35.6 Å². The van der Waals surface area contributed by atoms with E-state index in [2.05, 4.69) is 5.32 Å². The first kappa shape index (κ1) is 21.7. The monoisotopic (exact) mass is 397 g/mol. The topological polar surface area (TPSA) is 78.8 Å². The van der Waals surface area contributed by atoms with Gasteiger partial charge >= 0.3 is 12.1 Å². The van der Waals surface area contributed by atoms with Crippen LogP contribution in [0.15, 0.2) is 48.5 Å². The normalized spacial score (nSPS) is 13.8. The summed E-state index contributed by atoms with van der Waals surface area (Å²) < 4.78 is 43.6. The predicted octanol–water partition coefficient (Wildman–Crippen LogP) is 3.60. The molecule has 0 fully saturated rings. The molecule has 0 bridgehead atoms. The maximum Gasteiger partial charge on any atom is 0.416 e. The smallest absolute Gasteiger partial charge is 0.416 e. The van der Waals surface area contributed by atoms with Crippen LogP contribution in [0, 0.1) is 0 Å². The maximum absolute atomic E-state index is 12.7. The molecule has 0 saturated heterocycles. The fraction of sp³-hybridized carbons (Fsp3) is 0.350. The molecule has 0 aliphatic heterocycles. The Morgan fingerprint density at radius 3 is 2.43 bits per heavy atom. The van der Waals surface area contributed by atoms with E-state index in [1.54, 1.807) is 31.2 Å². The molecule has 152 valence electrons. The number of carboxylic acid groups (broad SMARTS) is 1. The van der Waals surface area contributed by atoms with Crippen molar-refractivity contribution in [3.63, 3.8) is 0 Å². The first-order chi connectivity index (χ1) is 13.2. The molecule has 0 heterocycles. The molecule has 0 aliphatic carbocycles. The Bertz CT molecular complexity index is 778. The van der Waals surface area contributed by atoms with Crippen molar-refractivity contribution in [1.82, 2.24) is 5.32 Å². The van der Waals surface area contributed by atoms with Crippen molar-refractivity contribution in [1.29, 1.82) is 0 Å². The fourth-order valence-electron chi connectivity index (χ4n) is 2.52. The van der Waals surface area contributed by atoms with E-state index < -0.39 is 29.7 Å². The van der Waals surface area contributed by atoms with Crippen LogP contribution in [-0.2, 0) is 11.0 Å². The number of aliphatic hydroxyl groups is 1. The minimum atomic E-state index is -4.45. The summed E-state index contributed by atoms with van der Waals surface area (Å²) in [5, 5.41) is 21.9. The number of rotatable bonds is 9. The summed E-state index contributed by atoms with van der Waals surface area (Å²) >= 11 is 0. The second kappa shape index (κ2) is 9.57. The lowest BCUT2D eigenvalue weighted by molar-refractivity contribution is -0.139. The van der Waals surface area contributed by atoms with Gasteiger partial charge in [-0.15, -0.1) is 0 Å². The summed E-state index contributed by atoms with van der Waals surface area (Å²) in [4.78, 5) is 10.9. The molecule has 3 N–H and O–H groups in total. The molecule has 2 aromatic rings. The molecular formula is C20H22F3NO4. The van der Waals surface area contributed by atoms with Crippen LogP contribution in [0.25, 0.3) is 0 Å². The third kappa shape index (κ3) is 6.24. The van der Waals surface area contributed by atoms with Gasteiger partial charge in [0.2, 0.25) is 0 Å². The van der Waals surface area contributed by atoms with E-state index in [-0.39, 0.29) is 18.7 Å². The molecule has 0 amide bonds. The van der Waals surface area contributed by atoms with E-state index in [1.165, 1.54) is 12.1 Å². The summed E-state index contributed by atoms with van der Waals surface area (Å²) in [6.07, 6.45) is -5.52. The highest BCUT2D eigenvalue weighted by atomic mass is 19.4. The van der Waals surface area contributed by atoms with Crippen molar-refractivity contribution < 1.29 is 32.9 Å². The van der Waals surface area contributed by atoms with Crippen molar-refractivity contribution in [2.45, 2.75) is 25.1 Å². The summed E-state index contributed by atoms with van der Waals surface area (Å²) in [7, 11) is 0. The molecule has 0 radical (unpaired) electrons. The van der Waals surface area contributed by atoms with E-state index in [9.17, 15) is 23.1 Å². The minimum Gasteiger partial charge on any atom is -0.492 e. The lowest BCUT2D eigenvalue weighted by Crippen LogP contribution is -2.26. The SMILES string of the molecule is CC(C(=O)O)c1ccc(OCCNCC(O)c2cccc(C(F)(F)F)c2)cc1. The zero-order valence-corrected chi connectivity index (χ0v) is 15.2. The van der Waals surface area contributed by atoms with Crippen molar-refractivity contribution >= 4 is 5.97 Å². The number of benzene rings is 2.